The first-order chi connectivity index (χ1) is 9.74. The molecule has 104 valence electrons. The van der Waals surface area contributed by atoms with Crippen molar-refractivity contribution >= 4 is 5.78 Å². The van der Waals surface area contributed by atoms with Crippen molar-refractivity contribution in [3.8, 4) is 0 Å². The third-order valence-corrected chi connectivity index (χ3v) is 4.67. The van der Waals surface area contributed by atoms with Crippen molar-refractivity contribution in [1.82, 2.24) is 19.3 Å². The predicted octanol–water partition coefficient (Wildman–Crippen LogP) is 1.87. The van der Waals surface area contributed by atoms with Crippen molar-refractivity contribution in [2.24, 2.45) is 7.05 Å². The minimum atomic E-state index is 0.263. The van der Waals surface area contributed by atoms with Crippen LogP contribution >= 0.6 is 0 Å². The molecular weight excluding hydrogens is 252 g/mol. The maximum Gasteiger partial charge on any atom is 0.181 e. The Kier molecular flexibility index (Phi) is 2.55. The van der Waals surface area contributed by atoms with E-state index in [0.29, 0.717) is 12.5 Å². The van der Waals surface area contributed by atoms with Crippen LogP contribution in [-0.4, -0.2) is 25.1 Å². The van der Waals surface area contributed by atoms with Gasteiger partial charge in [0.1, 0.15) is 5.69 Å². The van der Waals surface area contributed by atoms with Gasteiger partial charge in [0.25, 0.3) is 0 Å². The van der Waals surface area contributed by atoms with E-state index in [1.165, 1.54) is 11.3 Å². The second-order valence-corrected chi connectivity index (χ2v) is 5.86. The van der Waals surface area contributed by atoms with Crippen LogP contribution in [0.4, 0.5) is 0 Å². The summed E-state index contributed by atoms with van der Waals surface area (Å²) in [4.78, 5) is 16.7. The lowest BCUT2D eigenvalue weighted by Gasteiger charge is -2.26. The van der Waals surface area contributed by atoms with Gasteiger partial charge in [-0.2, -0.15) is 5.10 Å². The van der Waals surface area contributed by atoms with Crippen LogP contribution in [0.25, 0.3) is 0 Å². The minimum Gasteiger partial charge on any atom is -0.324 e. The molecule has 2 heterocycles. The van der Waals surface area contributed by atoms with Crippen molar-refractivity contribution in [3.63, 3.8) is 0 Å². The summed E-state index contributed by atoms with van der Waals surface area (Å²) >= 11 is 0. The average molecular weight is 270 g/mol. The summed E-state index contributed by atoms with van der Waals surface area (Å²) in [6, 6.07) is 0.344. The number of hydrogen-bond acceptors (Lipinski definition) is 3. The Morgan fingerprint density at radius 1 is 1.30 bits per heavy atom. The summed E-state index contributed by atoms with van der Waals surface area (Å²) in [5.74, 6) is 0.263. The highest BCUT2D eigenvalue weighted by atomic mass is 16.1. The van der Waals surface area contributed by atoms with Crippen molar-refractivity contribution in [2.45, 2.75) is 44.6 Å². The fourth-order valence-electron chi connectivity index (χ4n) is 3.56. The zero-order valence-electron chi connectivity index (χ0n) is 11.7. The molecule has 0 saturated carbocycles. The monoisotopic (exact) mass is 270 g/mol. The van der Waals surface area contributed by atoms with Gasteiger partial charge >= 0.3 is 0 Å². The molecule has 2 aromatic heterocycles. The number of hydrogen-bond donors (Lipinski definition) is 0. The molecule has 0 aromatic carbocycles. The number of ketones is 1. The predicted molar refractivity (Wildman–Crippen MR) is 73.8 cm³/mol. The van der Waals surface area contributed by atoms with Crippen molar-refractivity contribution < 1.29 is 4.79 Å². The number of carbonyl (C=O) groups excluding carboxylic acids is 1. The molecule has 0 fully saturated rings. The van der Waals surface area contributed by atoms with Gasteiger partial charge in [-0.05, 0) is 31.2 Å². The molecule has 20 heavy (non-hydrogen) atoms. The average Bonchev–Trinajstić information content (AvgIpc) is 3.04. The molecule has 4 rings (SSSR count). The Morgan fingerprint density at radius 3 is 3.10 bits per heavy atom. The molecule has 0 aliphatic heterocycles. The first kappa shape index (κ1) is 11.9. The smallest absolute Gasteiger partial charge is 0.181 e. The molecule has 1 unspecified atom stereocenters. The number of nitrogens with zero attached hydrogens (tertiary/aromatic N) is 4. The second kappa shape index (κ2) is 4.30. The molecule has 0 N–H and O–H groups in total. The molecule has 1 atom stereocenters. The number of Topliss-reactive ketones (excluding diaryl/α,β-unsaturated/α-hetero) is 1. The highest BCUT2D eigenvalue weighted by Crippen LogP contribution is 2.31. The molecule has 5 heteroatoms. The van der Waals surface area contributed by atoms with E-state index in [2.05, 4.69) is 14.6 Å². The van der Waals surface area contributed by atoms with E-state index in [9.17, 15) is 4.79 Å². The number of imidazole rings is 1. The van der Waals surface area contributed by atoms with E-state index in [0.717, 1.165) is 43.5 Å². The van der Waals surface area contributed by atoms with Gasteiger partial charge in [0.2, 0.25) is 0 Å². The fourth-order valence-corrected chi connectivity index (χ4v) is 3.56. The molecule has 2 aliphatic carbocycles. The Morgan fingerprint density at radius 2 is 2.20 bits per heavy atom. The standard InChI is InChI=1S/C15H18N4O/c1-18-13-7-11(6-5-10(13)8-17-18)19-9-16-12-3-2-4-14(20)15(12)19/h8-9,11H,2-7H2,1H3. The Labute approximate surface area is 117 Å². The third-order valence-electron chi connectivity index (χ3n) is 4.67. The molecule has 0 radical (unpaired) electrons. The molecule has 5 nitrogen and oxygen atoms in total. The first-order valence-corrected chi connectivity index (χ1v) is 7.32. The quantitative estimate of drug-likeness (QED) is 0.795. The molecule has 0 bridgehead atoms. The zero-order valence-corrected chi connectivity index (χ0v) is 11.7. The van der Waals surface area contributed by atoms with Gasteiger partial charge in [-0.3, -0.25) is 9.48 Å². The fraction of sp³-hybridized carbons (Fsp3) is 0.533. The van der Waals surface area contributed by atoms with Crippen LogP contribution in [0.1, 0.15) is 52.7 Å². The van der Waals surface area contributed by atoms with Crippen molar-refractivity contribution in [1.29, 1.82) is 0 Å². The lowest BCUT2D eigenvalue weighted by molar-refractivity contribution is 0.0959. The number of carbonyl (C=O) groups is 1. The second-order valence-electron chi connectivity index (χ2n) is 5.86. The van der Waals surface area contributed by atoms with Gasteiger partial charge in [0.15, 0.2) is 5.78 Å². The van der Waals surface area contributed by atoms with Crippen molar-refractivity contribution in [2.75, 3.05) is 0 Å². The van der Waals surface area contributed by atoms with Gasteiger partial charge in [-0.1, -0.05) is 0 Å². The lowest BCUT2D eigenvalue weighted by Crippen LogP contribution is -2.24. The van der Waals surface area contributed by atoms with E-state index in [4.69, 9.17) is 0 Å². The third kappa shape index (κ3) is 1.65. The summed E-state index contributed by atoms with van der Waals surface area (Å²) in [6.07, 6.45) is 9.45. The van der Waals surface area contributed by atoms with Crippen LogP contribution in [0.3, 0.4) is 0 Å². The lowest BCUT2D eigenvalue weighted by atomic mass is 9.92. The molecule has 0 spiro atoms. The Bertz CT molecular complexity index is 682. The van der Waals surface area contributed by atoms with Crippen LogP contribution in [0.15, 0.2) is 12.5 Å². The van der Waals surface area contributed by atoms with Crippen LogP contribution in [0.5, 0.6) is 0 Å². The first-order valence-electron chi connectivity index (χ1n) is 7.32. The van der Waals surface area contributed by atoms with Gasteiger partial charge < -0.3 is 4.57 Å². The topological polar surface area (TPSA) is 52.7 Å². The van der Waals surface area contributed by atoms with E-state index in [1.807, 2.05) is 24.3 Å². The van der Waals surface area contributed by atoms with E-state index in [-0.39, 0.29) is 5.78 Å². The molecule has 2 aromatic rings. The van der Waals surface area contributed by atoms with Crippen LogP contribution in [0, 0.1) is 0 Å². The molecule has 0 amide bonds. The van der Waals surface area contributed by atoms with Crippen LogP contribution < -0.4 is 0 Å². The molecule has 2 aliphatic rings. The number of aromatic nitrogens is 4. The summed E-state index contributed by atoms with van der Waals surface area (Å²) in [6.45, 7) is 0. The van der Waals surface area contributed by atoms with Crippen LogP contribution in [-0.2, 0) is 26.3 Å². The van der Waals surface area contributed by atoms with Gasteiger partial charge in [0, 0.05) is 31.6 Å². The Balaban J connectivity index is 1.72. The van der Waals surface area contributed by atoms with Gasteiger partial charge in [-0.15, -0.1) is 0 Å². The van der Waals surface area contributed by atoms with E-state index < -0.39 is 0 Å². The highest BCUT2D eigenvalue weighted by Gasteiger charge is 2.29. The van der Waals surface area contributed by atoms with E-state index in [1.54, 1.807) is 0 Å². The van der Waals surface area contributed by atoms with Gasteiger partial charge in [0.05, 0.1) is 18.2 Å². The normalized spacial score (nSPS) is 21.6. The maximum absolute atomic E-state index is 12.2. The largest absolute Gasteiger partial charge is 0.324 e. The summed E-state index contributed by atoms with van der Waals surface area (Å²) in [5.41, 5.74) is 4.51. The summed E-state index contributed by atoms with van der Waals surface area (Å²) in [7, 11) is 2.00. The van der Waals surface area contributed by atoms with Crippen molar-refractivity contribution in [3.05, 3.63) is 35.2 Å². The highest BCUT2D eigenvalue weighted by molar-refractivity contribution is 5.96. The SMILES string of the molecule is Cn1ncc2c1CC(n1cnc3c1C(=O)CCC3)CC2. The molecule has 0 saturated heterocycles. The van der Waals surface area contributed by atoms with Crippen LogP contribution in [0.2, 0.25) is 0 Å². The number of fused-ring (bicyclic) bond motifs is 2. The summed E-state index contributed by atoms with van der Waals surface area (Å²) < 4.78 is 4.10. The Hall–Kier alpha value is -1.91. The summed E-state index contributed by atoms with van der Waals surface area (Å²) in [5, 5.41) is 4.34. The minimum absolute atomic E-state index is 0.263. The number of rotatable bonds is 1. The van der Waals surface area contributed by atoms with E-state index >= 15 is 0 Å². The molecular formula is C15H18N4O. The number of aryl methyl sites for hydroxylation is 3. The zero-order chi connectivity index (χ0) is 13.7. The van der Waals surface area contributed by atoms with Gasteiger partial charge in [-0.25, -0.2) is 4.98 Å². The maximum atomic E-state index is 12.2.